The van der Waals surface area contributed by atoms with Crippen LogP contribution in [0.25, 0.3) is 0 Å². The van der Waals surface area contributed by atoms with Crippen LogP contribution in [0.15, 0.2) is 0 Å². The van der Waals surface area contributed by atoms with Crippen LogP contribution >= 0.6 is 0 Å². The molecule has 0 aromatic carbocycles. The van der Waals surface area contributed by atoms with E-state index in [-0.39, 0.29) is 18.6 Å². The van der Waals surface area contributed by atoms with E-state index in [1.807, 2.05) is 0 Å². The van der Waals surface area contributed by atoms with Crippen LogP contribution in [0.2, 0.25) is 0 Å². The lowest BCUT2D eigenvalue weighted by Gasteiger charge is -2.05. The summed E-state index contributed by atoms with van der Waals surface area (Å²) in [7, 11) is -1.51. The van der Waals surface area contributed by atoms with Crippen LogP contribution in [-0.4, -0.2) is 45.4 Å². The molecule has 15 heavy (non-hydrogen) atoms. The maximum atomic E-state index is 11.3. The van der Waals surface area contributed by atoms with Crippen molar-refractivity contribution in [3.63, 3.8) is 0 Å². The highest BCUT2D eigenvalue weighted by molar-refractivity contribution is 7.89. The van der Waals surface area contributed by atoms with Gasteiger partial charge in [0.2, 0.25) is 10.0 Å². The molecular formula is C8H18N2O4S. The maximum Gasteiger partial charge on any atom is 0.303 e. The van der Waals surface area contributed by atoms with Crippen LogP contribution in [0.3, 0.4) is 0 Å². The number of aliphatic carboxylic acids is 1. The van der Waals surface area contributed by atoms with Crippen LogP contribution in [-0.2, 0) is 14.8 Å². The molecular weight excluding hydrogens is 220 g/mol. The Kier molecular flexibility index (Phi) is 7.27. The molecule has 0 saturated carbocycles. The third kappa shape index (κ3) is 9.64. The Morgan fingerprint density at radius 1 is 1.27 bits per heavy atom. The van der Waals surface area contributed by atoms with Gasteiger partial charge in [-0.3, -0.25) is 4.79 Å². The van der Waals surface area contributed by atoms with Crippen LogP contribution in [0, 0.1) is 0 Å². The molecule has 0 aliphatic rings. The Balaban J connectivity index is 3.63. The summed E-state index contributed by atoms with van der Waals surface area (Å²) >= 11 is 0. The normalized spacial score (nSPS) is 11.5. The standard InChI is InChI=1S/C8H18N2O4S/c1-9-5-3-6-10-15(13,14)7-2-4-8(11)12/h9-10H,2-7H2,1H3,(H,11,12). The Morgan fingerprint density at radius 3 is 2.47 bits per heavy atom. The average Bonchev–Trinajstić information content (AvgIpc) is 2.11. The third-order valence-corrected chi connectivity index (χ3v) is 3.20. The van der Waals surface area contributed by atoms with Gasteiger partial charge < -0.3 is 10.4 Å². The second kappa shape index (κ2) is 7.61. The minimum absolute atomic E-state index is 0.114. The number of carbonyl (C=O) groups is 1. The highest BCUT2D eigenvalue weighted by Crippen LogP contribution is 1.94. The van der Waals surface area contributed by atoms with Gasteiger partial charge in [-0.15, -0.1) is 0 Å². The molecule has 6 nitrogen and oxygen atoms in total. The van der Waals surface area contributed by atoms with Gasteiger partial charge in [-0.05, 0) is 26.4 Å². The molecule has 0 aliphatic heterocycles. The summed E-state index contributed by atoms with van der Waals surface area (Å²) in [6.45, 7) is 1.13. The van der Waals surface area contributed by atoms with Crippen molar-refractivity contribution in [1.82, 2.24) is 10.0 Å². The first-order valence-electron chi connectivity index (χ1n) is 4.81. The van der Waals surface area contributed by atoms with Crippen LogP contribution in [0.4, 0.5) is 0 Å². The molecule has 7 heteroatoms. The third-order valence-electron chi connectivity index (χ3n) is 1.73. The van der Waals surface area contributed by atoms with Crippen molar-refractivity contribution < 1.29 is 18.3 Å². The molecule has 0 amide bonds. The zero-order valence-electron chi connectivity index (χ0n) is 8.82. The monoisotopic (exact) mass is 238 g/mol. The predicted molar refractivity (Wildman–Crippen MR) is 57.2 cm³/mol. The second-order valence-electron chi connectivity index (χ2n) is 3.17. The first-order chi connectivity index (χ1) is 6.98. The molecule has 0 radical (unpaired) electrons. The topological polar surface area (TPSA) is 95.5 Å². The SMILES string of the molecule is CNCCCNS(=O)(=O)CCCC(=O)O. The minimum Gasteiger partial charge on any atom is -0.481 e. The van der Waals surface area contributed by atoms with E-state index in [2.05, 4.69) is 10.0 Å². The molecule has 0 atom stereocenters. The van der Waals surface area contributed by atoms with Crippen LogP contribution < -0.4 is 10.0 Å². The van der Waals surface area contributed by atoms with E-state index in [1.54, 1.807) is 7.05 Å². The van der Waals surface area contributed by atoms with E-state index in [0.29, 0.717) is 13.0 Å². The molecule has 0 rings (SSSR count). The van der Waals surface area contributed by atoms with Crippen LogP contribution in [0.1, 0.15) is 19.3 Å². The average molecular weight is 238 g/mol. The molecule has 0 spiro atoms. The molecule has 0 aliphatic carbocycles. The van der Waals surface area contributed by atoms with Gasteiger partial charge >= 0.3 is 5.97 Å². The van der Waals surface area contributed by atoms with Gasteiger partial charge in [0.05, 0.1) is 5.75 Å². The molecule has 3 N–H and O–H groups in total. The Labute approximate surface area is 90.1 Å². The summed E-state index contributed by atoms with van der Waals surface area (Å²) in [6, 6.07) is 0. The van der Waals surface area contributed by atoms with Gasteiger partial charge in [0.25, 0.3) is 0 Å². The van der Waals surface area contributed by atoms with Gasteiger partial charge in [0.15, 0.2) is 0 Å². The maximum absolute atomic E-state index is 11.3. The van der Waals surface area contributed by atoms with Crippen molar-refractivity contribution >= 4 is 16.0 Å². The fraction of sp³-hybridized carbons (Fsp3) is 0.875. The molecule has 90 valence electrons. The molecule has 0 heterocycles. The van der Waals surface area contributed by atoms with E-state index in [0.717, 1.165) is 6.54 Å². The van der Waals surface area contributed by atoms with E-state index in [1.165, 1.54) is 0 Å². The zero-order chi connectivity index (χ0) is 11.7. The Bertz CT molecular complexity index is 276. The summed E-state index contributed by atoms with van der Waals surface area (Å²) in [6.07, 6.45) is 0.753. The van der Waals surface area contributed by atoms with Crippen molar-refractivity contribution in [2.24, 2.45) is 0 Å². The smallest absolute Gasteiger partial charge is 0.303 e. The van der Waals surface area contributed by atoms with E-state index < -0.39 is 16.0 Å². The quantitative estimate of drug-likeness (QED) is 0.465. The molecule has 0 saturated heterocycles. The minimum atomic E-state index is -3.30. The summed E-state index contributed by atoms with van der Waals surface area (Å²) < 4.78 is 24.9. The fourth-order valence-corrected chi connectivity index (χ4v) is 2.10. The lowest BCUT2D eigenvalue weighted by molar-refractivity contribution is -0.137. The zero-order valence-corrected chi connectivity index (χ0v) is 9.64. The summed E-state index contributed by atoms with van der Waals surface area (Å²) in [5.74, 6) is -1.10. The molecule has 0 unspecified atom stereocenters. The van der Waals surface area contributed by atoms with Gasteiger partial charge in [0, 0.05) is 13.0 Å². The van der Waals surface area contributed by atoms with E-state index in [9.17, 15) is 13.2 Å². The molecule has 0 aromatic rings. The largest absolute Gasteiger partial charge is 0.481 e. The summed E-state index contributed by atoms with van der Waals surface area (Å²) in [4.78, 5) is 10.2. The first-order valence-corrected chi connectivity index (χ1v) is 6.47. The van der Waals surface area contributed by atoms with Gasteiger partial charge in [-0.2, -0.15) is 0 Å². The van der Waals surface area contributed by atoms with Gasteiger partial charge in [0.1, 0.15) is 0 Å². The van der Waals surface area contributed by atoms with Crippen molar-refractivity contribution in [2.75, 3.05) is 25.9 Å². The van der Waals surface area contributed by atoms with Crippen molar-refractivity contribution in [2.45, 2.75) is 19.3 Å². The first kappa shape index (κ1) is 14.3. The summed E-state index contributed by atoms with van der Waals surface area (Å²) in [5, 5.41) is 11.2. The number of carboxylic acid groups (broad SMARTS) is 1. The Hall–Kier alpha value is -0.660. The van der Waals surface area contributed by atoms with Crippen molar-refractivity contribution in [3.05, 3.63) is 0 Å². The van der Waals surface area contributed by atoms with Gasteiger partial charge in [-0.1, -0.05) is 0 Å². The fourth-order valence-electron chi connectivity index (χ4n) is 0.978. The number of sulfonamides is 1. The van der Waals surface area contributed by atoms with Gasteiger partial charge in [-0.25, -0.2) is 13.1 Å². The van der Waals surface area contributed by atoms with E-state index >= 15 is 0 Å². The van der Waals surface area contributed by atoms with Crippen molar-refractivity contribution in [3.8, 4) is 0 Å². The highest BCUT2D eigenvalue weighted by atomic mass is 32.2. The van der Waals surface area contributed by atoms with Crippen molar-refractivity contribution in [1.29, 1.82) is 0 Å². The second-order valence-corrected chi connectivity index (χ2v) is 5.09. The van der Waals surface area contributed by atoms with E-state index in [4.69, 9.17) is 5.11 Å². The Morgan fingerprint density at radius 2 is 1.93 bits per heavy atom. The predicted octanol–water partition coefficient (Wildman–Crippen LogP) is -0.620. The van der Waals surface area contributed by atoms with Crippen LogP contribution in [0.5, 0.6) is 0 Å². The number of hydrogen-bond donors (Lipinski definition) is 3. The number of nitrogens with one attached hydrogen (secondary N) is 2. The number of carboxylic acids is 1. The molecule has 0 fully saturated rings. The molecule has 0 aromatic heterocycles. The highest BCUT2D eigenvalue weighted by Gasteiger charge is 2.09. The molecule has 0 bridgehead atoms. The lowest BCUT2D eigenvalue weighted by Crippen LogP contribution is -2.29. The number of hydrogen-bond acceptors (Lipinski definition) is 4. The lowest BCUT2D eigenvalue weighted by atomic mass is 10.3. The summed E-state index contributed by atoms with van der Waals surface area (Å²) in [5.41, 5.74) is 0. The number of rotatable bonds is 9.